The molecule has 142 valence electrons. The van der Waals surface area contributed by atoms with Gasteiger partial charge in [0.05, 0.1) is 29.8 Å². The Morgan fingerprint density at radius 3 is 1.93 bits per heavy atom. The normalized spacial score (nSPS) is 10.0. The molecule has 0 aliphatic rings. The van der Waals surface area contributed by atoms with E-state index < -0.39 is 39.5 Å². The highest BCUT2D eigenvalue weighted by molar-refractivity contribution is 5.93. The highest BCUT2D eigenvalue weighted by Gasteiger charge is 2.28. The molecule has 0 aliphatic heterocycles. The fourth-order valence-electron chi connectivity index (χ4n) is 2.17. The number of methoxy groups -OCH3 is 2. The first-order valence-corrected chi connectivity index (χ1v) is 7.43. The van der Waals surface area contributed by atoms with Crippen LogP contribution in [-0.4, -0.2) is 36.6 Å². The SMILES string of the molecule is COc1ccc(OCC(=O)Nc2cc([N+](=O)[O-])c(OC)c([N+](=O)[O-])c2)cc1. The summed E-state index contributed by atoms with van der Waals surface area (Å²) in [6.45, 7) is -0.403. The van der Waals surface area contributed by atoms with Gasteiger partial charge in [0.1, 0.15) is 11.5 Å². The number of anilines is 1. The van der Waals surface area contributed by atoms with Gasteiger partial charge in [-0.2, -0.15) is 0 Å². The molecule has 0 aliphatic carbocycles. The zero-order valence-electron chi connectivity index (χ0n) is 14.3. The second-order valence-corrected chi connectivity index (χ2v) is 5.07. The summed E-state index contributed by atoms with van der Waals surface area (Å²) in [6.07, 6.45) is 0. The lowest BCUT2D eigenvalue weighted by molar-refractivity contribution is -0.395. The van der Waals surface area contributed by atoms with Crippen molar-refractivity contribution in [1.29, 1.82) is 0 Å². The Morgan fingerprint density at radius 2 is 1.48 bits per heavy atom. The Kier molecular flexibility index (Phi) is 6.10. The van der Waals surface area contributed by atoms with Crippen LogP contribution < -0.4 is 19.5 Å². The Bertz CT molecular complexity index is 831. The van der Waals surface area contributed by atoms with Crippen LogP contribution in [0, 0.1) is 20.2 Å². The van der Waals surface area contributed by atoms with Crippen molar-refractivity contribution in [2.45, 2.75) is 0 Å². The van der Waals surface area contributed by atoms with E-state index in [2.05, 4.69) is 5.32 Å². The van der Waals surface area contributed by atoms with E-state index in [9.17, 15) is 25.0 Å². The standard InChI is InChI=1S/C16H15N3O8/c1-25-11-3-5-12(6-4-11)27-9-15(20)17-10-7-13(18(21)22)16(26-2)14(8-10)19(23)24/h3-8H,9H2,1-2H3,(H,17,20). The first kappa shape index (κ1) is 19.4. The number of nitro benzene ring substituents is 2. The van der Waals surface area contributed by atoms with Crippen LogP contribution in [0.25, 0.3) is 0 Å². The van der Waals surface area contributed by atoms with Crippen molar-refractivity contribution in [2.24, 2.45) is 0 Å². The molecule has 11 heteroatoms. The summed E-state index contributed by atoms with van der Waals surface area (Å²) in [5, 5.41) is 24.5. The van der Waals surface area contributed by atoms with Crippen molar-refractivity contribution >= 4 is 23.0 Å². The lowest BCUT2D eigenvalue weighted by Crippen LogP contribution is -2.20. The Morgan fingerprint density at radius 1 is 0.963 bits per heavy atom. The Balaban J connectivity index is 2.14. The summed E-state index contributed by atoms with van der Waals surface area (Å²) < 4.78 is 15.0. The smallest absolute Gasteiger partial charge is 0.320 e. The maximum absolute atomic E-state index is 12.0. The largest absolute Gasteiger partial charge is 0.497 e. The number of carbonyl (C=O) groups excluding carboxylic acids is 1. The number of hydrogen-bond donors (Lipinski definition) is 1. The molecule has 1 amide bonds. The highest BCUT2D eigenvalue weighted by atomic mass is 16.6. The predicted octanol–water partition coefficient (Wildman–Crippen LogP) is 2.54. The van der Waals surface area contributed by atoms with Crippen molar-refractivity contribution in [1.82, 2.24) is 0 Å². The number of nitrogens with zero attached hydrogens (tertiary/aromatic N) is 2. The molecule has 11 nitrogen and oxygen atoms in total. The fourth-order valence-corrected chi connectivity index (χ4v) is 2.17. The molecule has 2 aromatic carbocycles. The number of nitrogens with one attached hydrogen (secondary N) is 1. The molecule has 0 radical (unpaired) electrons. The van der Waals surface area contributed by atoms with E-state index >= 15 is 0 Å². The van der Waals surface area contributed by atoms with Crippen molar-refractivity contribution in [3.8, 4) is 17.2 Å². The van der Waals surface area contributed by atoms with Crippen molar-refractivity contribution in [2.75, 3.05) is 26.1 Å². The molecule has 0 spiro atoms. The molecular formula is C16H15N3O8. The van der Waals surface area contributed by atoms with Crippen LogP contribution in [0.1, 0.15) is 0 Å². The van der Waals surface area contributed by atoms with Gasteiger partial charge >= 0.3 is 11.4 Å². The first-order valence-electron chi connectivity index (χ1n) is 7.43. The minimum atomic E-state index is -0.838. The summed E-state index contributed by atoms with van der Waals surface area (Å²) in [5.41, 5.74) is -1.41. The molecule has 2 rings (SSSR count). The van der Waals surface area contributed by atoms with E-state index in [1.54, 1.807) is 24.3 Å². The lowest BCUT2D eigenvalue weighted by atomic mass is 10.2. The van der Waals surface area contributed by atoms with Crippen LogP contribution in [0.4, 0.5) is 17.1 Å². The van der Waals surface area contributed by atoms with E-state index in [1.807, 2.05) is 0 Å². The fraction of sp³-hybridized carbons (Fsp3) is 0.188. The van der Waals surface area contributed by atoms with Crippen LogP contribution in [0.2, 0.25) is 0 Å². The van der Waals surface area contributed by atoms with E-state index in [1.165, 1.54) is 7.11 Å². The number of amides is 1. The Labute approximate surface area is 152 Å². The molecule has 0 bridgehead atoms. The van der Waals surface area contributed by atoms with Crippen LogP contribution in [0.3, 0.4) is 0 Å². The summed E-state index contributed by atoms with van der Waals surface area (Å²) >= 11 is 0. The third-order valence-corrected chi connectivity index (χ3v) is 3.36. The van der Waals surface area contributed by atoms with Crippen LogP contribution in [0.5, 0.6) is 17.2 Å². The number of nitro groups is 2. The quantitative estimate of drug-likeness (QED) is 0.546. The molecule has 0 saturated carbocycles. The summed E-state index contributed by atoms with van der Waals surface area (Å²) in [6, 6.07) is 8.41. The maximum Gasteiger partial charge on any atom is 0.320 e. The number of rotatable bonds is 8. The van der Waals surface area contributed by atoms with Gasteiger partial charge in [-0.25, -0.2) is 0 Å². The van der Waals surface area contributed by atoms with Crippen LogP contribution in [-0.2, 0) is 4.79 Å². The van der Waals surface area contributed by atoms with Crippen molar-refractivity contribution in [3.63, 3.8) is 0 Å². The second kappa shape index (κ2) is 8.47. The summed E-state index contributed by atoms with van der Waals surface area (Å²) in [7, 11) is 2.59. The van der Waals surface area contributed by atoms with Crippen molar-refractivity contribution in [3.05, 3.63) is 56.6 Å². The van der Waals surface area contributed by atoms with Gasteiger partial charge in [0.2, 0.25) is 0 Å². The van der Waals surface area contributed by atoms with E-state index in [-0.39, 0.29) is 5.69 Å². The molecule has 0 unspecified atom stereocenters. The van der Waals surface area contributed by atoms with Gasteiger partial charge in [-0.15, -0.1) is 0 Å². The topological polar surface area (TPSA) is 143 Å². The molecule has 1 N–H and O–H groups in total. The van der Waals surface area contributed by atoms with E-state index in [4.69, 9.17) is 14.2 Å². The Hall–Kier alpha value is -3.89. The average molecular weight is 377 g/mol. The molecule has 27 heavy (non-hydrogen) atoms. The lowest BCUT2D eigenvalue weighted by Gasteiger charge is -2.09. The molecule has 0 aromatic heterocycles. The number of carbonyl (C=O) groups is 1. The third kappa shape index (κ3) is 4.81. The first-order chi connectivity index (χ1) is 12.8. The number of ether oxygens (including phenoxy) is 3. The van der Waals surface area contributed by atoms with Gasteiger partial charge < -0.3 is 19.5 Å². The monoisotopic (exact) mass is 377 g/mol. The highest BCUT2D eigenvalue weighted by Crippen LogP contribution is 2.39. The van der Waals surface area contributed by atoms with E-state index in [0.29, 0.717) is 11.5 Å². The minimum absolute atomic E-state index is 0.127. The third-order valence-electron chi connectivity index (χ3n) is 3.36. The molecular weight excluding hydrogens is 362 g/mol. The zero-order chi connectivity index (χ0) is 20.0. The van der Waals surface area contributed by atoms with Crippen LogP contribution >= 0.6 is 0 Å². The van der Waals surface area contributed by atoms with Gasteiger partial charge in [0.25, 0.3) is 11.7 Å². The zero-order valence-corrected chi connectivity index (χ0v) is 14.3. The number of benzene rings is 2. The van der Waals surface area contributed by atoms with Gasteiger partial charge in [-0.1, -0.05) is 0 Å². The van der Waals surface area contributed by atoms with E-state index in [0.717, 1.165) is 19.2 Å². The van der Waals surface area contributed by atoms with Crippen LogP contribution in [0.15, 0.2) is 36.4 Å². The molecule has 0 fully saturated rings. The van der Waals surface area contributed by atoms with Gasteiger partial charge in [0, 0.05) is 12.1 Å². The summed E-state index contributed by atoms with van der Waals surface area (Å²) in [4.78, 5) is 32.5. The maximum atomic E-state index is 12.0. The second-order valence-electron chi connectivity index (χ2n) is 5.07. The summed E-state index contributed by atoms with van der Waals surface area (Å²) in [5.74, 6) is -0.139. The minimum Gasteiger partial charge on any atom is -0.497 e. The molecule has 2 aromatic rings. The predicted molar refractivity (Wildman–Crippen MR) is 93.4 cm³/mol. The number of hydrogen-bond acceptors (Lipinski definition) is 8. The molecule has 0 saturated heterocycles. The van der Waals surface area contributed by atoms with Gasteiger partial charge in [-0.05, 0) is 24.3 Å². The molecule has 0 atom stereocenters. The molecule has 0 heterocycles. The van der Waals surface area contributed by atoms with Crippen molar-refractivity contribution < 1.29 is 28.9 Å². The average Bonchev–Trinajstić information content (AvgIpc) is 2.65. The van der Waals surface area contributed by atoms with Gasteiger partial charge in [0.15, 0.2) is 6.61 Å². The van der Waals surface area contributed by atoms with Gasteiger partial charge in [-0.3, -0.25) is 25.0 Å².